The minimum Gasteiger partial charge on any atom is -0.361 e. The zero-order chi connectivity index (χ0) is 19.0. The van der Waals surface area contributed by atoms with E-state index in [0.29, 0.717) is 29.6 Å². The number of nitrogens with zero attached hydrogens (tertiary/aromatic N) is 1. The van der Waals surface area contributed by atoms with E-state index in [1.54, 1.807) is 12.1 Å². The van der Waals surface area contributed by atoms with Crippen molar-refractivity contribution in [3.05, 3.63) is 94.1 Å². The van der Waals surface area contributed by atoms with Gasteiger partial charge in [-0.3, -0.25) is 4.79 Å². The van der Waals surface area contributed by atoms with Crippen LogP contribution in [0.5, 0.6) is 0 Å². The zero-order valence-electron chi connectivity index (χ0n) is 15.0. The Hall–Kier alpha value is -3.19. The number of ketones is 1. The van der Waals surface area contributed by atoms with Crippen molar-refractivity contribution in [3.8, 4) is 6.07 Å². The van der Waals surface area contributed by atoms with Gasteiger partial charge >= 0.3 is 0 Å². The molecule has 4 heteroatoms. The SMILES string of the molecule is CC1=C(C#N)[C@H](c2cccc(F)c2)C2=C(C[C@H](c3ccccc3)CC2=O)N1. The van der Waals surface area contributed by atoms with Crippen LogP contribution in [0.4, 0.5) is 4.39 Å². The Kier molecular flexibility index (Phi) is 4.37. The zero-order valence-corrected chi connectivity index (χ0v) is 15.0. The van der Waals surface area contributed by atoms with Crippen LogP contribution in [0.3, 0.4) is 0 Å². The molecule has 1 aliphatic heterocycles. The summed E-state index contributed by atoms with van der Waals surface area (Å²) in [5.41, 5.74) is 4.44. The lowest BCUT2D eigenvalue weighted by molar-refractivity contribution is -0.116. The van der Waals surface area contributed by atoms with Crippen molar-refractivity contribution in [2.45, 2.75) is 31.6 Å². The largest absolute Gasteiger partial charge is 0.361 e. The number of rotatable bonds is 2. The predicted octanol–water partition coefficient (Wildman–Crippen LogP) is 4.71. The van der Waals surface area contributed by atoms with E-state index in [-0.39, 0.29) is 17.5 Å². The molecule has 0 spiro atoms. The van der Waals surface area contributed by atoms with Crippen LogP contribution in [0.15, 0.2) is 77.1 Å². The highest BCUT2D eigenvalue weighted by atomic mass is 19.1. The molecule has 0 aromatic heterocycles. The van der Waals surface area contributed by atoms with Gasteiger partial charge in [0.15, 0.2) is 5.78 Å². The van der Waals surface area contributed by atoms with Gasteiger partial charge in [0.05, 0.1) is 17.6 Å². The second-order valence-electron chi connectivity index (χ2n) is 7.09. The highest BCUT2D eigenvalue weighted by molar-refractivity contribution is 6.00. The first kappa shape index (κ1) is 17.2. The van der Waals surface area contributed by atoms with Gasteiger partial charge in [-0.05, 0) is 42.5 Å². The second-order valence-corrected chi connectivity index (χ2v) is 7.09. The maximum absolute atomic E-state index is 13.8. The van der Waals surface area contributed by atoms with Crippen molar-refractivity contribution in [2.75, 3.05) is 0 Å². The summed E-state index contributed by atoms with van der Waals surface area (Å²) in [5.74, 6) is -0.749. The topological polar surface area (TPSA) is 52.9 Å². The monoisotopic (exact) mass is 358 g/mol. The van der Waals surface area contributed by atoms with Crippen LogP contribution in [-0.4, -0.2) is 5.78 Å². The van der Waals surface area contributed by atoms with Crippen molar-refractivity contribution < 1.29 is 9.18 Å². The summed E-state index contributed by atoms with van der Waals surface area (Å²) in [6, 6.07) is 18.4. The van der Waals surface area contributed by atoms with E-state index in [4.69, 9.17) is 0 Å². The standard InChI is InChI=1S/C23H19FN2O/c1-14-19(13-25)22(16-8-5-9-18(24)10-16)23-20(26-14)11-17(12-21(23)27)15-6-3-2-4-7-15/h2-10,17,22,26H,11-12H2,1H3/t17-,22-/m0/s1. The summed E-state index contributed by atoms with van der Waals surface area (Å²) in [6.45, 7) is 1.84. The van der Waals surface area contributed by atoms with Crippen LogP contribution in [0, 0.1) is 17.1 Å². The highest BCUT2D eigenvalue weighted by Crippen LogP contribution is 2.45. The number of hydrogen-bond donors (Lipinski definition) is 1. The molecule has 0 radical (unpaired) electrons. The normalized spacial score (nSPS) is 22.2. The van der Waals surface area contributed by atoms with Gasteiger partial charge in [0, 0.05) is 23.4 Å². The number of dihydropyridines is 1. The number of halogens is 1. The third kappa shape index (κ3) is 3.06. The van der Waals surface area contributed by atoms with Crippen LogP contribution < -0.4 is 5.32 Å². The quantitative estimate of drug-likeness (QED) is 0.846. The molecule has 2 atom stereocenters. The van der Waals surface area contributed by atoms with Gasteiger partial charge in [-0.2, -0.15) is 5.26 Å². The van der Waals surface area contributed by atoms with Crippen LogP contribution in [-0.2, 0) is 4.79 Å². The van der Waals surface area contributed by atoms with Gasteiger partial charge in [-0.1, -0.05) is 42.5 Å². The van der Waals surface area contributed by atoms with Gasteiger partial charge in [0.25, 0.3) is 0 Å². The molecule has 0 amide bonds. The Bertz CT molecular complexity index is 1010. The van der Waals surface area contributed by atoms with Gasteiger partial charge in [0.2, 0.25) is 0 Å². The van der Waals surface area contributed by atoms with E-state index in [0.717, 1.165) is 17.0 Å². The van der Waals surface area contributed by atoms with Gasteiger partial charge < -0.3 is 5.32 Å². The molecule has 0 bridgehead atoms. The number of benzene rings is 2. The van der Waals surface area contributed by atoms with E-state index in [1.165, 1.54) is 12.1 Å². The Morgan fingerprint density at radius 2 is 1.81 bits per heavy atom. The van der Waals surface area contributed by atoms with Crippen molar-refractivity contribution in [2.24, 2.45) is 0 Å². The minimum absolute atomic E-state index is 0.0205. The first-order valence-electron chi connectivity index (χ1n) is 9.03. The van der Waals surface area contributed by atoms with Crippen LogP contribution in [0.1, 0.15) is 42.7 Å². The van der Waals surface area contributed by atoms with Gasteiger partial charge in [-0.15, -0.1) is 0 Å². The first-order valence-corrected chi connectivity index (χ1v) is 9.03. The molecular formula is C23H19FN2O. The molecule has 1 N–H and O–H groups in total. The van der Waals surface area contributed by atoms with E-state index in [9.17, 15) is 14.4 Å². The summed E-state index contributed by atoms with van der Waals surface area (Å²) in [6.07, 6.45) is 1.10. The second kappa shape index (κ2) is 6.85. The van der Waals surface area contributed by atoms with E-state index in [1.807, 2.05) is 37.3 Å². The molecule has 0 saturated heterocycles. The number of hydrogen-bond acceptors (Lipinski definition) is 3. The van der Waals surface area contributed by atoms with Crippen molar-refractivity contribution in [1.82, 2.24) is 5.32 Å². The minimum atomic E-state index is -0.508. The number of nitriles is 1. The predicted molar refractivity (Wildman–Crippen MR) is 101 cm³/mol. The summed E-state index contributed by atoms with van der Waals surface area (Å²) < 4.78 is 13.8. The molecule has 0 unspecified atom stereocenters. The van der Waals surface area contributed by atoms with Crippen molar-refractivity contribution >= 4 is 5.78 Å². The summed E-state index contributed by atoms with van der Waals surface area (Å²) in [7, 11) is 0. The number of allylic oxidation sites excluding steroid dienone is 4. The third-order valence-electron chi connectivity index (χ3n) is 5.40. The maximum atomic E-state index is 13.8. The molecule has 27 heavy (non-hydrogen) atoms. The first-order chi connectivity index (χ1) is 13.1. The smallest absolute Gasteiger partial charge is 0.162 e. The molecule has 0 saturated carbocycles. The molecule has 0 fully saturated rings. The number of carbonyl (C=O) groups excluding carboxylic acids is 1. The summed E-state index contributed by atoms with van der Waals surface area (Å²) in [5, 5.41) is 13.0. The average molecular weight is 358 g/mol. The number of carbonyl (C=O) groups is 1. The van der Waals surface area contributed by atoms with Gasteiger partial charge in [0.1, 0.15) is 5.82 Å². The maximum Gasteiger partial charge on any atom is 0.162 e. The van der Waals surface area contributed by atoms with Crippen LogP contribution in [0.2, 0.25) is 0 Å². The highest BCUT2D eigenvalue weighted by Gasteiger charge is 2.38. The Balaban J connectivity index is 1.80. The Morgan fingerprint density at radius 1 is 1.07 bits per heavy atom. The molecule has 4 rings (SSSR count). The van der Waals surface area contributed by atoms with Crippen LogP contribution in [0.25, 0.3) is 0 Å². The Morgan fingerprint density at radius 3 is 2.52 bits per heavy atom. The molecule has 134 valence electrons. The molecule has 2 aliphatic rings. The molecule has 2 aromatic rings. The fraction of sp³-hybridized carbons (Fsp3) is 0.217. The summed E-state index contributed by atoms with van der Waals surface area (Å²) >= 11 is 0. The molecular weight excluding hydrogens is 339 g/mol. The molecule has 1 aliphatic carbocycles. The van der Waals surface area contributed by atoms with Crippen molar-refractivity contribution in [1.29, 1.82) is 5.26 Å². The lowest BCUT2D eigenvalue weighted by Gasteiger charge is -2.35. The Labute approximate surface area is 157 Å². The lowest BCUT2D eigenvalue weighted by Crippen LogP contribution is -2.33. The molecule has 1 heterocycles. The fourth-order valence-corrected chi connectivity index (χ4v) is 4.17. The number of nitrogens with one attached hydrogen (secondary N) is 1. The van der Waals surface area contributed by atoms with Crippen LogP contribution >= 0.6 is 0 Å². The molecule has 2 aromatic carbocycles. The average Bonchev–Trinajstić information content (AvgIpc) is 2.67. The molecule has 3 nitrogen and oxygen atoms in total. The lowest BCUT2D eigenvalue weighted by atomic mass is 9.72. The summed E-state index contributed by atoms with van der Waals surface area (Å²) in [4.78, 5) is 13.1. The van der Waals surface area contributed by atoms with E-state index >= 15 is 0 Å². The van der Waals surface area contributed by atoms with Gasteiger partial charge in [-0.25, -0.2) is 4.39 Å². The van der Waals surface area contributed by atoms with Crippen molar-refractivity contribution in [3.63, 3.8) is 0 Å². The third-order valence-corrected chi connectivity index (χ3v) is 5.40. The fourth-order valence-electron chi connectivity index (χ4n) is 4.17. The van der Waals surface area contributed by atoms with E-state index in [2.05, 4.69) is 11.4 Å². The number of Topliss-reactive ketones (excluding diaryl/α,β-unsaturated/α-hetero) is 1. The van der Waals surface area contributed by atoms with E-state index < -0.39 is 5.92 Å².